The Hall–Kier alpha value is -1.74. The molecule has 0 aliphatic heterocycles. The second-order valence-electron chi connectivity index (χ2n) is 6.52. The molecule has 1 aromatic heterocycles. The highest BCUT2D eigenvalue weighted by Gasteiger charge is 2.28. The average molecular weight is 394 g/mol. The Labute approximate surface area is 158 Å². The summed E-state index contributed by atoms with van der Waals surface area (Å²) in [6.45, 7) is 0.422. The van der Waals surface area contributed by atoms with Crippen molar-refractivity contribution in [2.45, 2.75) is 35.7 Å². The van der Waals surface area contributed by atoms with Gasteiger partial charge in [0, 0.05) is 31.6 Å². The maximum absolute atomic E-state index is 12.6. The van der Waals surface area contributed by atoms with Crippen LogP contribution in [0.5, 0.6) is 0 Å². The lowest BCUT2D eigenvalue weighted by Gasteiger charge is -2.18. The van der Waals surface area contributed by atoms with Crippen LogP contribution in [0.2, 0.25) is 0 Å². The Bertz CT molecular complexity index is 859. The molecule has 8 heteroatoms. The van der Waals surface area contributed by atoms with Crippen LogP contribution in [-0.2, 0) is 21.4 Å². The minimum absolute atomic E-state index is 0.0450. The molecule has 0 radical (unpaired) electrons. The number of nitrogens with zero attached hydrogens (tertiary/aromatic N) is 1. The lowest BCUT2D eigenvalue weighted by atomic mass is 10.1. The quantitative estimate of drug-likeness (QED) is 0.720. The van der Waals surface area contributed by atoms with Crippen LogP contribution >= 0.6 is 11.3 Å². The van der Waals surface area contributed by atoms with Crippen LogP contribution in [0.15, 0.2) is 46.7 Å². The topological polar surface area (TPSA) is 78.5 Å². The normalized spacial score (nSPS) is 15.8. The van der Waals surface area contributed by atoms with Gasteiger partial charge < -0.3 is 5.32 Å². The zero-order valence-corrected chi connectivity index (χ0v) is 16.4. The summed E-state index contributed by atoms with van der Waals surface area (Å²) in [6, 6.07) is 12.8. The van der Waals surface area contributed by atoms with Crippen LogP contribution in [-0.4, -0.2) is 38.8 Å². The second kappa shape index (κ2) is 7.87. The smallest absolute Gasteiger partial charge is 0.252 e. The number of benzene rings is 1. The van der Waals surface area contributed by atoms with Gasteiger partial charge in [-0.25, -0.2) is 12.7 Å². The Morgan fingerprint density at radius 3 is 2.50 bits per heavy atom. The van der Waals surface area contributed by atoms with E-state index in [0.29, 0.717) is 10.8 Å². The Morgan fingerprint density at radius 1 is 1.19 bits per heavy atom. The molecular formula is C18H23N3O3S2. The van der Waals surface area contributed by atoms with E-state index in [1.54, 1.807) is 12.1 Å². The van der Waals surface area contributed by atoms with E-state index in [2.05, 4.69) is 10.6 Å². The number of hydrogen-bond acceptors (Lipinski definition) is 5. The summed E-state index contributed by atoms with van der Waals surface area (Å²) >= 11 is 1.22. The van der Waals surface area contributed by atoms with Gasteiger partial charge in [0.1, 0.15) is 10.3 Å². The van der Waals surface area contributed by atoms with Gasteiger partial charge in [-0.2, -0.15) is 0 Å². The van der Waals surface area contributed by atoms with E-state index in [1.807, 2.05) is 30.3 Å². The van der Waals surface area contributed by atoms with Crippen molar-refractivity contribution in [2.24, 2.45) is 0 Å². The molecule has 0 unspecified atom stereocenters. The van der Waals surface area contributed by atoms with Crippen molar-refractivity contribution in [1.82, 2.24) is 14.9 Å². The van der Waals surface area contributed by atoms with Crippen molar-refractivity contribution in [1.29, 1.82) is 0 Å². The van der Waals surface area contributed by atoms with Crippen LogP contribution in [0.25, 0.3) is 0 Å². The molecule has 26 heavy (non-hydrogen) atoms. The summed E-state index contributed by atoms with van der Waals surface area (Å²) in [7, 11) is -0.397. The van der Waals surface area contributed by atoms with Crippen molar-refractivity contribution < 1.29 is 13.2 Å². The molecule has 6 nitrogen and oxygen atoms in total. The molecule has 2 aromatic rings. The van der Waals surface area contributed by atoms with Gasteiger partial charge in [-0.15, -0.1) is 11.3 Å². The van der Waals surface area contributed by atoms with Crippen molar-refractivity contribution >= 4 is 27.3 Å². The summed E-state index contributed by atoms with van der Waals surface area (Å²) in [5.41, 5.74) is 0.892. The van der Waals surface area contributed by atoms with E-state index in [0.717, 1.165) is 23.3 Å². The first-order chi connectivity index (χ1) is 12.4. The van der Waals surface area contributed by atoms with Crippen LogP contribution in [0.4, 0.5) is 0 Å². The fourth-order valence-electron chi connectivity index (χ4n) is 2.49. The number of carbonyl (C=O) groups excluding carboxylic acids is 1. The average Bonchev–Trinajstić information content (AvgIpc) is 3.29. The molecule has 2 N–H and O–H groups in total. The molecular weight excluding hydrogens is 370 g/mol. The number of thiophene rings is 1. The van der Waals surface area contributed by atoms with E-state index in [1.165, 1.54) is 29.7 Å². The Morgan fingerprint density at radius 2 is 1.88 bits per heavy atom. The summed E-state index contributed by atoms with van der Waals surface area (Å²) in [5, 5.41) is 6.30. The molecule has 0 spiro atoms. The van der Waals surface area contributed by atoms with Gasteiger partial charge in [-0.3, -0.25) is 10.1 Å². The highest BCUT2D eigenvalue weighted by Crippen LogP contribution is 2.25. The predicted molar refractivity (Wildman–Crippen MR) is 102 cm³/mol. The summed E-state index contributed by atoms with van der Waals surface area (Å²) in [5.74, 6) is -0.0450. The molecule has 1 heterocycles. The Balaban J connectivity index is 1.72. The van der Waals surface area contributed by atoms with Crippen molar-refractivity contribution in [3.8, 4) is 0 Å². The maximum Gasteiger partial charge on any atom is 0.252 e. The first kappa shape index (κ1) is 19.0. The summed E-state index contributed by atoms with van der Waals surface area (Å²) in [6.07, 6.45) is 2.06. The molecule has 0 bridgehead atoms. The first-order valence-electron chi connectivity index (χ1n) is 8.48. The van der Waals surface area contributed by atoms with E-state index in [9.17, 15) is 13.2 Å². The number of carbonyl (C=O) groups is 1. The van der Waals surface area contributed by atoms with Gasteiger partial charge in [-0.05, 0) is 30.5 Å². The number of nitrogens with one attached hydrogen (secondary N) is 2. The number of sulfonamides is 1. The van der Waals surface area contributed by atoms with Gasteiger partial charge >= 0.3 is 0 Å². The second-order valence-corrected chi connectivity index (χ2v) is 10.1. The minimum Gasteiger partial charge on any atom is -0.352 e. The summed E-state index contributed by atoms with van der Waals surface area (Å²) < 4.78 is 25.9. The monoisotopic (exact) mass is 393 g/mol. The van der Waals surface area contributed by atoms with Gasteiger partial charge in [0.25, 0.3) is 10.0 Å². The minimum atomic E-state index is -3.43. The fraction of sp³-hybridized carbons (Fsp3) is 0.389. The predicted octanol–water partition coefficient (Wildman–Crippen LogP) is 2.11. The molecule has 140 valence electrons. The van der Waals surface area contributed by atoms with Crippen molar-refractivity contribution in [2.75, 3.05) is 14.1 Å². The SMILES string of the molecule is CN(C)S(=O)(=O)c1ccc(CN[C@H](C(=O)NC2CC2)c2ccccc2)s1. The van der Waals surface area contributed by atoms with Gasteiger partial charge in [0.05, 0.1) is 0 Å². The van der Waals surface area contributed by atoms with E-state index >= 15 is 0 Å². The number of hydrogen-bond donors (Lipinski definition) is 2. The highest BCUT2D eigenvalue weighted by molar-refractivity contribution is 7.91. The molecule has 1 aromatic carbocycles. The molecule has 1 aliphatic carbocycles. The van der Waals surface area contributed by atoms with E-state index in [-0.39, 0.29) is 11.9 Å². The lowest BCUT2D eigenvalue weighted by Crippen LogP contribution is -2.38. The first-order valence-corrected chi connectivity index (χ1v) is 10.7. The zero-order chi connectivity index (χ0) is 18.7. The third-order valence-corrected chi connectivity index (χ3v) is 7.54. The van der Waals surface area contributed by atoms with E-state index in [4.69, 9.17) is 0 Å². The van der Waals surface area contributed by atoms with Crippen LogP contribution in [0.3, 0.4) is 0 Å². The van der Waals surface area contributed by atoms with Crippen molar-refractivity contribution in [3.63, 3.8) is 0 Å². The van der Waals surface area contributed by atoms with Gasteiger partial charge in [-0.1, -0.05) is 30.3 Å². The standard InChI is InChI=1S/C18H23N3O3S2/c1-21(2)26(23,24)16-11-10-15(25-16)12-19-17(13-6-4-3-5-7-13)18(22)20-14-8-9-14/h3-7,10-11,14,17,19H,8-9,12H2,1-2H3,(H,20,22)/t17-/m0/s1. The molecule has 3 rings (SSSR count). The van der Waals surface area contributed by atoms with E-state index < -0.39 is 16.1 Å². The molecule has 1 saturated carbocycles. The summed E-state index contributed by atoms with van der Waals surface area (Å²) in [4.78, 5) is 13.5. The molecule has 1 atom stereocenters. The molecule has 1 fully saturated rings. The molecule has 0 saturated heterocycles. The van der Waals surface area contributed by atoms with Gasteiger partial charge in [0.15, 0.2) is 0 Å². The number of amides is 1. The van der Waals surface area contributed by atoms with Crippen LogP contribution < -0.4 is 10.6 Å². The third kappa shape index (κ3) is 4.50. The van der Waals surface area contributed by atoms with Crippen LogP contribution in [0, 0.1) is 0 Å². The largest absolute Gasteiger partial charge is 0.352 e. The van der Waals surface area contributed by atoms with Crippen molar-refractivity contribution in [3.05, 3.63) is 52.9 Å². The Kier molecular flexibility index (Phi) is 5.76. The van der Waals surface area contributed by atoms with Crippen LogP contribution in [0.1, 0.15) is 29.3 Å². The highest BCUT2D eigenvalue weighted by atomic mass is 32.2. The lowest BCUT2D eigenvalue weighted by molar-refractivity contribution is -0.123. The maximum atomic E-state index is 12.6. The number of rotatable bonds is 8. The third-order valence-electron chi connectivity index (χ3n) is 4.17. The molecule has 1 amide bonds. The zero-order valence-electron chi connectivity index (χ0n) is 14.8. The van der Waals surface area contributed by atoms with Gasteiger partial charge in [0.2, 0.25) is 5.91 Å². The molecule has 1 aliphatic rings. The fourth-order valence-corrected chi connectivity index (χ4v) is 4.97.